The third-order valence-electron chi connectivity index (χ3n) is 4.05. The summed E-state index contributed by atoms with van der Waals surface area (Å²) >= 11 is 0. The molecule has 1 heterocycles. The number of nitro groups is 1. The van der Waals surface area contributed by atoms with E-state index in [-0.39, 0.29) is 11.4 Å². The Hall–Kier alpha value is -3.80. The SMILES string of the molecule is O=[N+]([O-])c1ccc(-c2nc3cc(O)ccc3nc2-c2ccccc2)cc1. The Bertz CT molecular complexity index is 1110. The molecule has 3 aromatic carbocycles. The van der Waals surface area contributed by atoms with Gasteiger partial charge in [-0.3, -0.25) is 10.1 Å². The molecule has 6 nitrogen and oxygen atoms in total. The first-order valence-electron chi connectivity index (χ1n) is 7.93. The largest absolute Gasteiger partial charge is 0.508 e. The van der Waals surface area contributed by atoms with Crippen LogP contribution in [0.15, 0.2) is 72.8 Å². The van der Waals surface area contributed by atoms with Crippen LogP contribution in [0.2, 0.25) is 0 Å². The van der Waals surface area contributed by atoms with Gasteiger partial charge in [-0.1, -0.05) is 30.3 Å². The summed E-state index contributed by atoms with van der Waals surface area (Å²) in [6, 6.07) is 20.6. The van der Waals surface area contributed by atoms with Crippen LogP contribution < -0.4 is 0 Å². The fourth-order valence-electron chi connectivity index (χ4n) is 2.78. The van der Waals surface area contributed by atoms with Crippen LogP contribution in [0.25, 0.3) is 33.5 Å². The van der Waals surface area contributed by atoms with Gasteiger partial charge in [0.1, 0.15) is 5.75 Å². The Morgan fingerprint density at radius 3 is 2.04 bits per heavy atom. The maximum Gasteiger partial charge on any atom is 0.269 e. The summed E-state index contributed by atoms with van der Waals surface area (Å²) < 4.78 is 0. The number of nitro benzene ring substituents is 1. The van der Waals surface area contributed by atoms with Crippen molar-refractivity contribution in [1.29, 1.82) is 0 Å². The van der Waals surface area contributed by atoms with E-state index in [2.05, 4.69) is 4.98 Å². The third kappa shape index (κ3) is 2.84. The highest BCUT2D eigenvalue weighted by Crippen LogP contribution is 2.32. The van der Waals surface area contributed by atoms with Crippen LogP contribution in [-0.4, -0.2) is 20.0 Å². The van der Waals surface area contributed by atoms with Crippen LogP contribution in [0, 0.1) is 10.1 Å². The van der Waals surface area contributed by atoms with Gasteiger partial charge in [-0.2, -0.15) is 0 Å². The van der Waals surface area contributed by atoms with Crippen molar-refractivity contribution in [1.82, 2.24) is 9.97 Å². The molecule has 26 heavy (non-hydrogen) atoms. The van der Waals surface area contributed by atoms with E-state index in [1.54, 1.807) is 30.3 Å². The predicted octanol–water partition coefficient (Wildman–Crippen LogP) is 4.58. The number of nitrogens with zero attached hydrogens (tertiary/aromatic N) is 3. The number of rotatable bonds is 3. The summed E-state index contributed by atoms with van der Waals surface area (Å²) in [4.78, 5) is 19.8. The predicted molar refractivity (Wildman–Crippen MR) is 98.7 cm³/mol. The lowest BCUT2D eigenvalue weighted by atomic mass is 10.0. The number of hydrogen-bond donors (Lipinski definition) is 1. The molecule has 0 radical (unpaired) electrons. The van der Waals surface area contributed by atoms with Gasteiger partial charge in [-0.05, 0) is 24.3 Å². The van der Waals surface area contributed by atoms with Crippen molar-refractivity contribution in [3.63, 3.8) is 0 Å². The lowest BCUT2D eigenvalue weighted by Crippen LogP contribution is -1.96. The maximum atomic E-state index is 10.9. The van der Waals surface area contributed by atoms with Gasteiger partial charge in [0, 0.05) is 29.3 Å². The van der Waals surface area contributed by atoms with Gasteiger partial charge in [0.2, 0.25) is 0 Å². The molecular formula is C20H13N3O3. The zero-order valence-corrected chi connectivity index (χ0v) is 13.5. The van der Waals surface area contributed by atoms with Crippen LogP contribution in [-0.2, 0) is 0 Å². The number of fused-ring (bicyclic) bond motifs is 1. The van der Waals surface area contributed by atoms with Crippen molar-refractivity contribution in [2.75, 3.05) is 0 Å². The van der Waals surface area contributed by atoms with Gasteiger partial charge in [0.05, 0.1) is 27.3 Å². The highest BCUT2D eigenvalue weighted by molar-refractivity contribution is 5.86. The molecule has 0 bridgehead atoms. The van der Waals surface area contributed by atoms with Crippen molar-refractivity contribution < 1.29 is 10.0 Å². The van der Waals surface area contributed by atoms with E-state index in [9.17, 15) is 15.2 Å². The van der Waals surface area contributed by atoms with Gasteiger partial charge in [-0.15, -0.1) is 0 Å². The number of phenols is 1. The Morgan fingerprint density at radius 1 is 0.769 bits per heavy atom. The lowest BCUT2D eigenvalue weighted by molar-refractivity contribution is -0.384. The van der Waals surface area contributed by atoms with Gasteiger partial charge in [0.15, 0.2) is 0 Å². The van der Waals surface area contributed by atoms with Crippen LogP contribution >= 0.6 is 0 Å². The maximum absolute atomic E-state index is 10.9. The van der Waals surface area contributed by atoms with E-state index in [4.69, 9.17) is 4.98 Å². The van der Waals surface area contributed by atoms with Crippen molar-refractivity contribution in [2.24, 2.45) is 0 Å². The minimum atomic E-state index is -0.438. The molecule has 0 aliphatic heterocycles. The fraction of sp³-hybridized carbons (Fsp3) is 0. The molecule has 6 heteroatoms. The summed E-state index contributed by atoms with van der Waals surface area (Å²) in [5.74, 6) is 0.105. The average Bonchev–Trinajstić information content (AvgIpc) is 2.67. The number of phenolic OH excluding ortho intramolecular Hbond substituents is 1. The second-order valence-electron chi connectivity index (χ2n) is 5.76. The molecule has 126 valence electrons. The number of aromatic nitrogens is 2. The van der Waals surface area contributed by atoms with Crippen molar-refractivity contribution in [2.45, 2.75) is 0 Å². The minimum absolute atomic E-state index is 0.0152. The first-order valence-corrected chi connectivity index (χ1v) is 7.93. The molecular weight excluding hydrogens is 330 g/mol. The molecule has 0 fully saturated rings. The quantitative estimate of drug-likeness (QED) is 0.434. The molecule has 0 atom stereocenters. The van der Waals surface area contributed by atoms with E-state index in [0.717, 1.165) is 5.56 Å². The van der Waals surface area contributed by atoms with Gasteiger partial charge in [-0.25, -0.2) is 9.97 Å². The third-order valence-corrected chi connectivity index (χ3v) is 4.05. The van der Waals surface area contributed by atoms with Crippen molar-refractivity contribution in [3.8, 4) is 28.3 Å². The Morgan fingerprint density at radius 2 is 1.38 bits per heavy atom. The van der Waals surface area contributed by atoms with Gasteiger partial charge >= 0.3 is 0 Å². The molecule has 0 saturated heterocycles. The van der Waals surface area contributed by atoms with Crippen molar-refractivity contribution >= 4 is 16.7 Å². The molecule has 0 aliphatic rings. The summed E-state index contributed by atoms with van der Waals surface area (Å²) in [6.07, 6.45) is 0. The minimum Gasteiger partial charge on any atom is -0.508 e. The summed E-state index contributed by atoms with van der Waals surface area (Å²) in [7, 11) is 0. The summed E-state index contributed by atoms with van der Waals surface area (Å²) in [6.45, 7) is 0. The molecule has 4 aromatic rings. The van der Waals surface area contributed by atoms with Gasteiger partial charge in [0.25, 0.3) is 5.69 Å². The zero-order valence-electron chi connectivity index (χ0n) is 13.5. The number of hydrogen-bond acceptors (Lipinski definition) is 5. The average molecular weight is 343 g/mol. The topological polar surface area (TPSA) is 89.2 Å². The van der Waals surface area contributed by atoms with E-state index in [0.29, 0.717) is 28.0 Å². The lowest BCUT2D eigenvalue weighted by Gasteiger charge is -2.10. The van der Waals surface area contributed by atoms with Crippen LogP contribution in [0.1, 0.15) is 0 Å². The number of non-ortho nitro benzene ring substituents is 1. The van der Waals surface area contributed by atoms with E-state index < -0.39 is 4.92 Å². The molecule has 0 spiro atoms. The van der Waals surface area contributed by atoms with E-state index in [1.165, 1.54) is 12.1 Å². The van der Waals surface area contributed by atoms with Crippen molar-refractivity contribution in [3.05, 3.63) is 82.9 Å². The Labute approximate surface area is 148 Å². The van der Waals surface area contributed by atoms with Crippen LogP contribution in [0.5, 0.6) is 5.75 Å². The Kier molecular flexibility index (Phi) is 3.78. The summed E-state index contributed by atoms with van der Waals surface area (Å²) in [5, 5.41) is 20.6. The number of aromatic hydroxyl groups is 1. The zero-order chi connectivity index (χ0) is 18.1. The molecule has 0 aliphatic carbocycles. The number of benzene rings is 3. The first-order chi connectivity index (χ1) is 12.6. The summed E-state index contributed by atoms with van der Waals surface area (Å²) in [5.41, 5.74) is 4.11. The normalized spacial score (nSPS) is 10.8. The van der Waals surface area contributed by atoms with Crippen LogP contribution in [0.3, 0.4) is 0 Å². The van der Waals surface area contributed by atoms with E-state index in [1.807, 2.05) is 30.3 Å². The molecule has 0 amide bonds. The second-order valence-corrected chi connectivity index (χ2v) is 5.76. The standard InChI is InChI=1S/C20H13N3O3/c24-16-10-11-17-18(12-16)22-20(14-6-8-15(9-7-14)23(25)26)19(21-17)13-4-2-1-3-5-13/h1-12,24H. The highest BCUT2D eigenvalue weighted by Gasteiger charge is 2.14. The fourth-order valence-corrected chi connectivity index (χ4v) is 2.78. The van der Waals surface area contributed by atoms with E-state index >= 15 is 0 Å². The monoisotopic (exact) mass is 343 g/mol. The second kappa shape index (κ2) is 6.25. The first kappa shape index (κ1) is 15.7. The molecule has 0 unspecified atom stereocenters. The molecule has 1 aromatic heterocycles. The highest BCUT2D eigenvalue weighted by atomic mass is 16.6. The van der Waals surface area contributed by atoms with Crippen LogP contribution in [0.4, 0.5) is 5.69 Å². The molecule has 4 rings (SSSR count). The smallest absolute Gasteiger partial charge is 0.269 e. The van der Waals surface area contributed by atoms with Gasteiger partial charge < -0.3 is 5.11 Å². The molecule has 1 N–H and O–H groups in total. The Balaban J connectivity index is 1.97. The molecule has 0 saturated carbocycles.